The van der Waals surface area contributed by atoms with Crippen molar-refractivity contribution < 1.29 is 19.1 Å². The lowest BCUT2D eigenvalue weighted by molar-refractivity contribution is -0.159. The van der Waals surface area contributed by atoms with E-state index in [-0.39, 0.29) is 42.7 Å². The minimum Gasteiger partial charge on any atom is -0.394 e. The number of carbonyl (C=O) groups excluding carboxylic acids is 2. The molecule has 7 heteroatoms. The van der Waals surface area contributed by atoms with Gasteiger partial charge in [-0.25, -0.2) is 9.18 Å². The van der Waals surface area contributed by atoms with Crippen molar-refractivity contribution in [3.63, 3.8) is 0 Å². The van der Waals surface area contributed by atoms with Crippen LogP contribution in [0.2, 0.25) is 0 Å². The predicted molar refractivity (Wildman–Crippen MR) is 117 cm³/mol. The summed E-state index contributed by atoms with van der Waals surface area (Å²) in [6.07, 6.45) is 2.36. The largest absolute Gasteiger partial charge is 0.394 e. The third-order valence-corrected chi connectivity index (χ3v) is 6.45. The first-order chi connectivity index (χ1) is 15.5. The van der Waals surface area contributed by atoms with Gasteiger partial charge in [0.05, 0.1) is 24.4 Å². The van der Waals surface area contributed by atoms with E-state index in [2.05, 4.69) is 17.2 Å². The number of halogens is 1. The third-order valence-electron chi connectivity index (χ3n) is 6.45. The number of carbonyl (C=O) groups is 2. The predicted octanol–water partition coefficient (Wildman–Crippen LogP) is 2.79. The molecule has 5 rings (SSSR count). The second-order valence-corrected chi connectivity index (χ2v) is 8.60. The van der Waals surface area contributed by atoms with Gasteiger partial charge < -0.3 is 20.2 Å². The molecule has 2 heterocycles. The SMILES string of the molecule is O=C(Nc1ccccc1F)N1CC(=O)N2[C@H](CO)[C@@H](c3ccc(C#CC4CC4)cc3)[C@@H]2C1. The van der Waals surface area contributed by atoms with Crippen LogP contribution >= 0.6 is 0 Å². The normalized spacial score (nSPS) is 24.2. The average Bonchev–Trinajstić information content (AvgIpc) is 3.60. The molecule has 0 spiro atoms. The van der Waals surface area contributed by atoms with Gasteiger partial charge in [-0.1, -0.05) is 36.1 Å². The number of anilines is 1. The van der Waals surface area contributed by atoms with E-state index in [9.17, 15) is 19.1 Å². The van der Waals surface area contributed by atoms with Gasteiger partial charge in [0.2, 0.25) is 5.91 Å². The molecule has 2 saturated heterocycles. The van der Waals surface area contributed by atoms with Gasteiger partial charge in [0, 0.05) is 23.9 Å². The van der Waals surface area contributed by atoms with Crippen molar-refractivity contribution in [2.24, 2.45) is 5.92 Å². The first-order valence-corrected chi connectivity index (χ1v) is 10.9. The monoisotopic (exact) mass is 433 g/mol. The van der Waals surface area contributed by atoms with Gasteiger partial charge in [-0.2, -0.15) is 0 Å². The molecule has 0 aromatic heterocycles. The maximum atomic E-state index is 13.9. The summed E-state index contributed by atoms with van der Waals surface area (Å²) in [7, 11) is 0. The number of rotatable bonds is 3. The summed E-state index contributed by atoms with van der Waals surface area (Å²) >= 11 is 0. The Morgan fingerprint density at radius 2 is 1.91 bits per heavy atom. The van der Waals surface area contributed by atoms with Crippen molar-refractivity contribution in [1.82, 2.24) is 9.80 Å². The highest BCUT2D eigenvalue weighted by Gasteiger charge is 2.54. The smallest absolute Gasteiger partial charge is 0.322 e. The summed E-state index contributed by atoms with van der Waals surface area (Å²) in [5.74, 6) is 6.13. The third kappa shape index (κ3) is 3.82. The number of para-hydroxylation sites is 1. The molecular formula is C25H24FN3O3. The molecule has 1 saturated carbocycles. The maximum absolute atomic E-state index is 13.9. The molecule has 1 aliphatic carbocycles. The zero-order valence-electron chi connectivity index (χ0n) is 17.5. The lowest BCUT2D eigenvalue weighted by Crippen LogP contribution is -2.73. The van der Waals surface area contributed by atoms with Gasteiger partial charge in [-0.3, -0.25) is 4.79 Å². The number of aliphatic hydroxyl groups excluding tert-OH is 1. The molecule has 0 bridgehead atoms. The van der Waals surface area contributed by atoms with Crippen molar-refractivity contribution in [2.45, 2.75) is 30.8 Å². The molecule has 6 nitrogen and oxygen atoms in total. The quantitative estimate of drug-likeness (QED) is 0.732. The molecular weight excluding hydrogens is 409 g/mol. The number of benzene rings is 2. The number of urea groups is 1. The fraction of sp³-hybridized carbons (Fsp3) is 0.360. The van der Waals surface area contributed by atoms with Crippen molar-refractivity contribution >= 4 is 17.6 Å². The first kappa shape index (κ1) is 20.5. The average molecular weight is 433 g/mol. The van der Waals surface area contributed by atoms with Crippen LogP contribution < -0.4 is 5.32 Å². The van der Waals surface area contributed by atoms with E-state index in [1.165, 1.54) is 29.9 Å². The van der Waals surface area contributed by atoms with Crippen molar-refractivity contribution in [3.8, 4) is 11.8 Å². The Bertz CT molecular complexity index is 1100. The second-order valence-electron chi connectivity index (χ2n) is 8.60. The van der Waals surface area contributed by atoms with Gasteiger partial charge in [0.25, 0.3) is 0 Å². The summed E-state index contributed by atoms with van der Waals surface area (Å²) < 4.78 is 13.9. The summed E-state index contributed by atoms with van der Waals surface area (Å²) in [4.78, 5) is 28.6. The number of hydrogen-bond acceptors (Lipinski definition) is 3. The Hall–Kier alpha value is -3.37. The molecule has 0 unspecified atom stereocenters. The van der Waals surface area contributed by atoms with E-state index < -0.39 is 11.8 Å². The fourth-order valence-corrected chi connectivity index (χ4v) is 4.61. The highest BCUT2D eigenvalue weighted by atomic mass is 19.1. The van der Waals surface area contributed by atoms with E-state index in [0.29, 0.717) is 12.5 Å². The Balaban J connectivity index is 1.32. The van der Waals surface area contributed by atoms with Gasteiger partial charge in [-0.05, 0) is 42.7 Å². The topological polar surface area (TPSA) is 72.9 Å². The molecule has 2 aliphatic heterocycles. The van der Waals surface area contributed by atoms with Crippen LogP contribution in [0.3, 0.4) is 0 Å². The molecule has 164 valence electrons. The van der Waals surface area contributed by atoms with Crippen molar-refractivity contribution in [2.75, 3.05) is 25.0 Å². The van der Waals surface area contributed by atoms with Crippen LogP contribution in [0.15, 0.2) is 48.5 Å². The van der Waals surface area contributed by atoms with Crippen LogP contribution in [-0.2, 0) is 4.79 Å². The highest BCUT2D eigenvalue weighted by Crippen LogP contribution is 2.43. The lowest BCUT2D eigenvalue weighted by atomic mass is 9.73. The van der Waals surface area contributed by atoms with Crippen LogP contribution in [0.4, 0.5) is 14.9 Å². The summed E-state index contributed by atoms with van der Waals surface area (Å²) in [5, 5.41) is 12.5. The number of nitrogens with one attached hydrogen (secondary N) is 1. The molecule has 3 atom stereocenters. The van der Waals surface area contributed by atoms with E-state index >= 15 is 0 Å². The van der Waals surface area contributed by atoms with Crippen LogP contribution in [-0.4, -0.2) is 58.6 Å². The zero-order chi connectivity index (χ0) is 22.2. The molecule has 0 radical (unpaired) electrons. The molecule has 2 N–H and O–H groups in total. The van der Waals surface area contributed by atoms with Crippen LogP contribution in [0.5, 0.6) is 0 Å². The molecule has 3 fully saturated rings. The summed E-state index contributed by atoms with van der Waals surface area (Å²) in [5.41, 5.74) is 2.03. The van der Waals surface area contributed by atoms with E-state index in [1.807, 2.05) is 24.3 Å². The minimum absolute atomic E-state index is 0.0775. The summed E-state index contributed by atoms with van der Waals surface area (Å²) in [6.45, 7) is 0.0731. The zero-order valence-corrected chi connectivity index (χ0v) is 17.5. The Morgan fingerprint density at radius 3 is 2.59 bits per heavy atom. The maximum Gasteiger partial charge on any atom is 0.322 e. The Kier molecular flexibility index (Phi) is 5.32. The number of aliphatic hydroxyl groups is 1. The highest BCUT2D eigenvalue weighted by molar-refractivity contribution is 5.94. The second kappa shape index (κ2) is 8.29. The van der Waals surface area contributed by atoms with Gasteiger partial charge in [0.1, 0.15) is 12.4 Å². The number of nitrogens with zero attached hydrogens (tertiary/aromatic N) is 2. The van der Waals surface area contributed by atoms with Gasteiger partial charge in [-0.15, -0.1) is 0 Å². The fourth-order valence-electron chi connectivity index (χ4n) is 4.61. The van der Waals surface area contributed by atoms with Crippen LogP contribution in [0.25, 0.3) is 0 Å². The molecule has 2 aromatic rings. The molecule has 3 amide bonds. The summed E-state index contributed by atoms with van der Waals surface area (Å²) in [6, 6.07) is 12.8. The van der Waals surface area contributed by atoms with Gasteiger partial charge in [0.15, 0.2) is 0 Å². The minimum atomic E-state index is -0.530. The number of amides is 3. The molecule has 2 aromatic carbocycles. The molecule has 3 aliphatic rings. The van der Waals surface area contributed by atoms with E-state index in [0.717, 1.165) is 11.1 Å². The van der Waals surface area contributed by atoms with Crippen molar-refractivity contribution in [3.05, 3.63) is 65.5 Å². The van der Waals surface area contributed by atoms with Gasteiger partial charge >= 0.3 is 6.03 Å². The van der Waals surface area contributed by atoms with E-state index in [1.54, 1.807) is 17.0 Å². The van der Waals surface area contributed by atoms with Crippen LogP contribution in [0, 0.1) is 23.6 Å². The number of hydrogen-bond donors (Lipinski definition) is 2. The lowest BCUT2D eigenvalue weighted by Gasteiger charge is -2.58. The number of piperazine rings is 1. The Labute approximate surface area is 186 Å². The molecule has 32 heavy (non-hydrogen) atoms. The van der Waals surface area contributed by atoms with Crippen molar-refractivity contribution in [1.29, 1.82) is 0 Å². The first-order valence-electron chi connectivity index (χ1n) is 10.9. The Morgan fingerprint density at radius 1 is 1.16 bits per heavy atom. The standard InChI is InChI=1S/C25H24FN3O3/c26-19-3-1-2-4-20(19)27-25(32)28-13-21-24(22(15-30)29(21)23(31)14-28)18-11-9-17(10-12-18)8-7-16-5-6-16/h1-4,9-12,16,21-22,24,30H,5-6,13-15H2,(H,27,32)/t21-,22+,24-/m0/s1. The van der Waals surface area contributed by atoms with E-state index in [4.69, 9.17) is 0 Å². The number of fused-ring (bicyclic) bond motifs is 1. The van der Waals surface area contributed by atoms with Crippen LogP contribution in [0.1, 0.15) is 29.9 Å².